The van der Waals surface area contributed by atoms with Crippen molar-refractivity contribution in [2.75, 3.05) is 4.90 Å². The second kappa shape index (κ2) is 4.44. The van der Waals surface area contributed by atoms with Gasteiger partial charge in [-0.2, -0.15) is 0 Å². The molecule has 1 aromatic rings. The van der Waals surface area contributed by atoms with Crippen molar-refractivity contribution >= 4 is 29.1 Å². The second-order valence-electron chi connectivity index (χ2n) is 6.29. The Bertz CT molecular complexity index is 649. The van der Waals surface area contributed by atoms with E-state index in [2.05, 4.69) is 12.2 Å². The SMILES string of the molecule is Cc1ccc(N2C(=O)[C@@H]3[C@H](C2=O)[C@H]2C=C[C@H]3CC2)cc1Cl. The Morgan fingerprint density at radius 2 is 1.62 bits per heavy atom. The van der Waals surface area contributed by atoms with Crippen LogP contribution in [0, 0.1) is 30.6 Å². The third-order valence-electron chi connectivity index (χ3n) is 5.17. The summed E-state index contributed by atoms with van der Waals surface area (Å²) >= 11 is 6.15. The maximum Gasteiger partial charge on any atom is 0.238 e. The fraction of sp³-hybridized carbons (Fsp3) is 0.412. The molecule has 108 valence electrons. The summed E-state index contributed by atoms with van der Waals surface area (Å²) in [6.45, 7) is 1.91. The van der Waals surface area contributed by atoms with E-state index in [-0.39, 0.29) is 35.5 Å². The normalized spacial score (nSPS) is 33.7. The molecule has 5 rings (SSSR count). The van der Waals surface area contributed by atoms with Crippen LogP contribution in [-0.2, 0) is 9.59 Å². The Morgan fingerprint density at radius 1 is 1.05 bits per heavy atom. The van der Waals surface area contributed by atoms with E-state index in [0.717, 1.165) is 18.4 Å². The highest BCUT2D eigenvalue weighted by molar-refractivity contribution is 6.32. The van der Waals surface area contributed by atoms with E-state index in [4.69, 9.17) is 11.6 Å². The quantitative estimate of drug-likeness (QED) is 0.589. The number of carbonyl (C=O) groups is 2. The van der Waals surface area contributed by atoms with Gasteiger partial charge in [0.25, 0.3) is 0 Å². The average Bonchev–Trinajstić information content (AvgIpc) is 2.78. The molecular formula is C17H16ClNO2. The summed E-state index contributed by atoms with van der Waals surface area (Å²) in [5, 5.41) is 0.587. The van der Waals surface area contributed by atoms with Crippen LogP contribution in [-0.4, -0.2) is 11.8 Å². The lowest BCUT2D eigenvalue weighted by Gasteiger charge is -2.38. The van der Waals surface area contributed by atoms with Crippen LogP contribution in [0.2, 0.25) is 5.02 Å². The first-order chi connectivity index (χ1) is 10.1. The summed E-state index contributed by atoms with van der Waals surface area (Å²) in [5.41, 5.74) is 1.55. The number of anilines is 1. The number of imide groups is 1. The molecule has 0 unspecified atom stereocenters. The van der Waals surface area contributed by atoms with E-state index in [9.17, 15) is 9.59 Å². The third kappa shape index (κ3) is 1.73. The minimum Gasteiger partial charge on any atom is -0.274 e. The first-order valence-corrected chi connectivity index (χ1v) is 7.78. The van der Waals surface area contributed by atoms with Gasteiger partial charge in [0.05, 0.1) is 17.5 Å². The maximum atomic E-state index is 12.8. The number of allylic oxidation sites excluding steroid dienone is 2. The zero-order valence-electron chi connectivity index (χ0n) is 11.8. The van der Waals surface area contributed by atoms with Crippen LogP contribution in [0.3, 0.4) is 0 Å². The van der Waals surface area contributed by atoms with Gasteiger partial charge in [0.1, 0.15) is 0 Å². The molecule has 1 heterocycles. The fourth-order valence-corrected chi connectivity index (χ4v) is 4.22. The molecular weight excluding hydrogens is 286 g/mol. The number of fused-ring (bicyclic) bond motifs is 1. The molecule has 1 aliphatic heterocycles. The molecule has 4 heteroatoms. The van der Waals surface area contributed by atoms with Crippen LogP contribution >= 0.6 is 11.6 Å². The standard InChI is InChI=1S/C17H16ClNO2/c1-9-2-7-12(8-13(9)18)19-16(20)14-10-3-4-11(6-5-10)15(14)17(19)21/h2-4,7-8,10-11,14-15H,5-6H2,1H3/t10-,11-,14-,15+/m0/s1. The van der Waals surface area contributed by atoms with E-state index in [1.165, 1.54) is 4.90 Å². The third-order valence-corrected chi connectivity index (χ3v) is 5.58. The van der Waals surface area contributed by atoms with Crippen molar-refractivity contribution in [2.45, 2.75) is 19.8 Å². The monoisotopic (exact) mass is 301 g/mol. The van der Waals surface area contributed by atoms with Crippen LogP contribution < -0.4 is 4.90 Å². The number of halogens is 1. The van der Waals surface area contributed by atoms with Crippen LogP contribution in [0.5, 0.6) is 0 Å². The van der Waals surface area contributed by atoms with E-state index >= 15 is 0 Å². The number of rotatable bonds is 1. The summed E-state index contributed by atoms with van der Waals surface area (Å²) in [6.07, 6.45) is 6.30. The molecule has 1 saturated carbocycles. The van der Waals surface area contributed by atoms with Gasteiger partial charge in [0, 0.05) is 5.02 Å². The summed E-state index contributed by atoms with van der Waals surface area (Å²) in [7, 11) is 0. The smallest absolute Gasteiger partial charge is 0.238 e. The van der Waals surface area contributed by atoms with Gasteiger partial charge >= 0.3 is 0 Å². The first kappa shape index (κ1) is 13.1. The van der Waals surface area contributed by atoms with Gasteiger partial charge in [-0.25, -0.2) is 4.90 Å². The topological polar surface area (TPSA) is 37.4 Å². The Labute approximate surface area is 128 Å². The predicted molar refractivity (Wildman–Crippen MR) is 81.0 cm³/mol. The zero-order valence-corrected chi connectivity index (χ0v) is 12.5. The zero-order chi connectivity index (χ0) is 14.7. The molecule has 2 fully saturated rings. The molecule has 1 saturated heterocycles. The number of nitrogens with zero attached hydrogens (tertiary/aromatic N) is 1. The van der Waals surface area contributed by atoms with Gasteiger partial charge in [-0.15, -0.1) is 0 Å². The molecule has 3 aliphatic carbocycles. The molecule has 1 aromatic carbocycles. The molecule has 4 atom stereocenters. The number of hydrogen-bond donors (Lipinski definition) is 0. The van der Waals surface area contributed by atoms with Crippen LogP contribution in [0.1, 0.15) is 18.4 Å². The van der Waals surface area contributed by atoms with Gasteiger partial charge in [0.15, 0.2) is 0 Å². The second-order valence-corrected chi connectivity index (χ2v) is 6.69. The lowest BCUT2D eigenvalue weighted by molar-refractivity contribution is -0.124. The van der Waals surface area contributed by atoms with E-state index in [1.807, 2.05) is 19.1 Å². The first-order valence-electron chi connectivity index (χ1n) is 7.40. The molecule has 0 spiro atoms. The molecule has 2 bridgehead atoms. The predicted octanol–water partition coefficient (Wildman–Crippen LogP) is 3.35. The lowest BCUT2D eigenvalue weighted by atomic mass is 9.63. The highest BCUT2D eigenvalue weighted by Gasteiger charge is 2.56. The fourth-order valence-electron chi connectivity index (χ4n) is 4.05. The van der Waals surface area contributed by atoms with Crippen molar-refractivity contribution < 1.29 is 9.59 Å². The van der Waals surface area contributed by atoms with Crippen molar-refractivity contribution in [1.82, 2.24) is 0 Å². The van der Waals surface area contributed by atoms with Gasteiger partial charge in [-0.1, -0.05) is 29.8 Å². The highest BCUT2D eigenvalue weighted by Crippen LogP contribution is 2.50. The minimum absolute atomic E-state index is 0.0519. The van der Waals surface area contributed by atoms with Crippen molar-refractivity contribution in [3.8, 4) is 0 Å². The molecule has 0 N–H and O–H groups in total. The molecule has 0 radical (unpaired) electrons. The van der Waals surface area contributed by atoms with Gasteiger partial charge in [-0.05, 0) is 49.3 Å². The van der Waals surface area contributed by atoms with Crippen LogP contribution in [0.4, 0.5) is 5.69 Å². The molecule has 4 aliphatic rings. The molecule has 2 amide bonds. The van der Waals surface area contributed by atoms with Gasteiger partial charge in [0.2, 0.25) is 11.8 Å². The summed E-state index contributed by atoms with van der Waals surface area (Å²) in [4.78, 5) is 26.9. The van der Waals surface area contributed by atoms with Crippen LogP contribution in [0.25, 0.3) is 0 Å². The number of benzene rings is 1. The number of hydrogen-bond acceptors (Lipinski definition) is 2. The lowest BCUT2D eigenvalue weighted by Crippen LogP contribution is -2.38. The number of amides is 2. The van der Waals surface area contributed by atoms with Crippen molar-refractivity contribution in [1.29, 1.82) is 0 Å². The Morgan fingerprint density at radius 3 is 2.10 bits per heavy atom. The number of carbonyl (C=O) groups excluding carboxylic acids is 2. The van der Waals surface area contributed by atoms with Crippen molar-refractivity contribution in [3.63, 3.8) is 0 Å². The minimum atomic E-state index is -0.165. The van der Waals surface area contributed by atoms with E-state index < -0.39 is 0 Å². The summed E-state index contributed by atoms with van der Waals surface area (Å²) in [6, 6.07) is 5.39. The summed E-state index contributed by atoms with van der Waals surface area (Å²) < 4.78 is 0. The average molecular weight is 302 g/mol. The van der Waals surface area contributed by atoms with Crippen molar-refractivity contribution in [3.05, 3.63) is 40.9 Å². The Balaban J connectivity index is 1.76. The van der Waals surface area contributed by atoms with E-state index in [0.29, 0.717) is 10.7 Å². The molecule has 3 nitrogen and oxygen atoms in total. The maximum absolute atomic E-state index is 12.8. The van der Waals surface area contributed by atoms with Crippen LogP contribution in [0.15, 0.2) is 30.4 Å². The largest absolute Gasteiger partial charge is 0.274 e. The van der Waals surface area contributed by atoms with Gasteiger partial charge < -0.3 is 0 Å². The van der Waals surface area contributed by atoms with E-state index in [1.54, 1.807) is 6.07 Å². The van der Waals surface area contributed by atoms with Gasteiger partial charge in [-0.3, -0.25) is 9.59 Å². The highest BCUT2D eigenvalue weighted by atomic mass is 35.5. The Kier molecular flexibility index (Phi) is 2.77. The van der Waals surface area contributed by atoms with Crippen molar-refractivity contribution in [2.24, 2.45) is 23.7 Å². The Hall–Kier alpha value is -1.61. The summed E-state index contributed by atoms with van der Waals surface area (Å²) in [5.74, 6) is 0.0142. The molecule has 21 heavy (non-hydrogen) atoms. The molecule has 0 aromatic heterocycles. The number of aryl methyl sites for hydroxylation is 1.